The molecule has 0 aromatic carbocycles. The summed E-state index contributed by atoms with van der Waals surface area (Å²) in [7, 11) is 3.87. The van der Waals surface area contributed by atoms with Crippen LogP contribution < -0.4 is 0 Å². The first-order valence-corrected chi connectivity index (χ1v) is 6.96. The molecule has 1 amide bonds. The standard InChI is InChI=1S/C13H25N3O2/c1-14-7-9-16(10-8-14)12-5-3-11(4-6-12)15(2)13(17)18/h11-12H,3-10H2,1-2H3,(H,17,18). The number of piperazine rings is 1. The molecule has 1 saturated heterocycles. The number of nitrogens with zero attached hydrogens (tertiary/aromatic N) is 3. The number of carboxylic acid groups (broad SMARTS) is 1. The summed E-state index contributed by atoms with van der Waals surface area (Å²) in [6.45, 7) is 4.66. The van der Waals surface area contributed by atoms with Crippen LogP contribution in [0, 0.1) is 0 Å². The van der Waals surface area contributed by atoms with Crippen LogP contribution in [0.4, 0.5) is 4.79 Å². The summed E-state index contributed by atoms with van der Waals surface area (Å²) in [6.07, 6.45) is 3.52. The van der Waals surface area contributed by atoms with Gasteiger partial charge in [0, 0.05) is 45.3 Å². The molecule has 0 aromatic heterocycles. The lowest BCUT2D eigenvalue weighted by Gasteiger charge is -2.42. The number of amides is 1. The van der Waals surface area contributed by atoms with Crippen molar-refractivity contribution >= 4 is 6.09 Å². The van der Waals surface area contributed by atoms with Gasteiger partial charge in [-0.25, -0.2) is 4.79 Å². The van der Waals surface area contributed by atoms with Crippen LogP contribution in [0.1, 0.15) is 25.7 Å². The molecule has 5 heteroatoms. The predicted molar refractivity (Wildman–Crippen MR) is 70.9 cm³/mol. The first-order valence-electron chi connectivity index (χ1n) is 6.96. The lowest BCUT2D eigenvalue weighted by molar-refractivity contribution is 0.0677. The van der Waals surface area contributed by atoms with E-state index < -0.39 is 6.09 Å². The Bertz CT molecular complexity index is 282. The minimum absolute atomic E-state index is 0.228. The minimum Gasteiger partial charge on any atom is -0.465 e. The van der Waals surface area contributed by atoms with Gasteiger partial charge in [0.15, 0.2) is 0 Å². The summed E-state index contributed by atoms with van der Waals surface area (Å²) < 4.78 is 0. The second-order valence-corrected chi connectivity index (χ2v) is 5.70. The summed E-state index contributed by atoms with van der Waals surface area (Å²) in [5, 5.41) is 8.99. The third-order valence-electron chi connectivity index (χ3n) is 4.57. The van der Waals surface area contributed by atoms with Crippen LogP contribution in [0.2, 0.25) is 0 Å². The Balaban J connectivity index is 1.78. The highest BCUT2D eigenvalue weighted by Crippen LogP contribution is 2.26. The number of rotatable bonds is 2. The van der Waals surface area contributed by atoms with E-state index in [1.165, 1.54) is 18.0 Å². The molecule has 2 rings (SSSR count). The van der Waals surface area contributed by atoms with E-state index in [0.29, 0.717) is 6.04 Å². The van der Waals surface area contributed by atoms with Crippen LogP contribution in [-0.4, -0.2) is 78.3 Å². The summed E-state index contributed by atoms with van der Waals surface area (Å²) in [5.74, 6) is 0. The highest BCUT2D eigenvalue weighted by molar-refractivity contribution is 5.64. The Morgan fingerprint density at radius 2 is 1.67 bits per heavy atom. The lowest BCUT2D eigenvalue weighted by Crippen LogP contribution is -2.51. The van der Waals surface area contributed by atoms with Crippen LogP contribution in [0.5, 0.6) is 0 Å². The molecule has 18 heavy (non-hydrogen) atoms. The molecule has 2 fully saturated rings. The van der Waals surface area contributed by atoms with Crippen molar-refractivity contribution in [2.24, 2.45) is 0 Å². The van der Waals surface area contributed by atoms with Crippen molar-refractivity contribution in [2.75, 3.05) is 40.3 Å². The molecule has 0 unspecified atom stereocenters. The second kappa shape index (κ2) is 5.89. The van der Waals surface area contributed by atoms with Gasteiger partial charge in [-0.05, 0) is 32.7 Å². The predicted octanol–water partition coefficient (Wildman–Crippen LogP) is 1.15. The second-order valence-electron chi connectivity index (χ2n) is 5.70. The van der Waals surface area contributed by atoms with Crippen molar-refractivity contribution < 1.29 is 9.90 Å². The number of likely N-dealkylation sites (N-methyl/N-ethyl adjacent to an activating group) is 1. The molecule has 0 radical (unpaired) electrons. The largest absolute Gasteiger partial charge is 0.465 e. The van der Waals surface area contributed by atoms with E-state index in [2.05, 4.69) is 16.8 Å². The van der Waals surface area contributed by atoms with E-state index in [0.717, 1.165) is 38.8 Å². The molecule has 0 spiro atoms. The monoisotopic (exact) mass is 255 g/mol. The quantitative estimate of drug-likeness (QED) is 0.804. The molecule has 5 nitrogen and oxygen atoms in total. The molecule has 104 valence electrons. The molecule has 1 heterocycles. The fraction of sp³-hybridized carbons (Fsp3) is 0.923. The van der Waals surface area contributed by atoms with Gasteiger partial charge in [-0.2, -0.15) is 0 Å². The molecule has 0 aromatic rings. The van der Waals surface area contributed by atoms with E-state index in [-0.39, 0.29) is 6.04 Å². The molecular weight excluding hydrogens is 230 g/mol. The van der Waals surface area contributed by atoms with Crippen molar-refractivity contribution in [3.63, 3.8) is 0 Å². The number of carbonyl (C=O) groups is 1. The lowest BCUT2D eigenvalue weighted by atomic mass is 9.89. The normalized spacial score (nSPS) is 31.2. The van der Waals surface area contributed by atoms with Crippen LogP contribution >= 0.6 is 0 Å². The molecular formula is C13H25N3O2. The fourth-order valence-corrected chi connectivity index (χ4v) is 3.15. The molecule has 1 N–H and O–H groups in total. The highest BCUT2D eigenvalue weighted by atomic mass is 16.4. The van der Waals surface area contributed by atoms with Gasteiger partial charge >= 0.3 is 6.09 Å². The zero-order valence-corrected chi connectivity index (χ0v) is 11.5. The molecule has 0 bridgehead atoms. The van der Waals surface area contributed by atoms with E-state index in [4.69, 9.17) is 5.11 Å². The molecule has 2 aliphatic rings. The highest BCUT2D eigenvalue weighted by Gasteiger charge is 2.30. The molecule has 1 aliphatic carbocycles. The zero-order valence-electron chi connectivity index (χ0n) is 11.5. The molecule has 1 saturated carbocycles. The van der Waals surface area contributed by atoms with Gasteiger partial charge in [-0.15, -0.1) is 0 Å². The Morgan fingerprint density at radius 3 is 2.17 bits per heavy atom. The van der Waals surface area contributed by atoms with Gasteiger partial charge in [0.2, 0.25) is 0 Å². The van der Waals surface area contributed by atoms with Crippen molar-refractivity contribution in [1.82, 2.24) is 14.7 Å². The first kappa shape index (κ1) is 13.6. The van der Waals surface area contributed by atoms with Crippen LogP contribution in [0.3, 0.4) is 0 Å². The van der Waals surface area contributed by atoms with Gasteiger partial charge in [-0.3, -0.25) is 4.90 Å². The van der Waals surface area contributed by atoms with Gasteiger partial charge in [-0.1, -0.05) is 0 Å². The number of hydrogen-bond donors (Lipinski definition) is 1. The van der Waals surface area contributed by atoms with E-state index >= 15 is 0 Å². The number of hydrogen-bond acceptors (Lipinski definition) is 3. The van der Waals surface area contributed by atoms with Crippen LogP contribution in [0.15, 0.2) is 0 Å². The molecule has 0 atom stereocenters. The van der Waals surface area contributed by atoms with Gasteiger partial charge in [0.05, 0.1) is 0 Å². The first-order chi connectivity index (χ1) is 8.58. The van der Waals surface area contributed by atoms with Crippen molar-refractivity contribution in [1.29, 1.82) is 0 Å². The van der Waals surface area contributed by atoms with Crippen LogP contribution in [-0.2, 0) is 0 Å². The van der Waals surface area contributed by atoms with Gasteiger partial charge < -0.3 is 14.9 Å². The summed E-state index contributed by atoms with van der Waals surface area (Å²) in [4.78, 5) is 17.4. The van der Waals surface area contributed by atoms with E-state index in [1.807, 2.05) is 0 Å². The Hall–Kier alpha value is -0.810. The summed E-state index contributed by atoms with van der Waals surface area (Å²) >= 11 is 0. The van der Waals surface area contributed by atoms with Crippen molar-refractivity contribution in [3.05, 3.63) is 0 Å². The minimum atomic E-state index is -0.793. The topological polar surface area (TPSA) is 47.0 Å². The zero-order chi connectivity index (χ0) is 13.1. The summed E-state index contributed by atoms with van der Waals surface area (Å²) in [5.41, 5.74) is 0. The third-order valence-corrected chi connectivity index (χ3v) is 4.57. The maximum atomic E-state index is 10.9. The van der Waals surface area contributed by atoms with E-state index in [1.54, 1.807) is 7.05 Å². The SMILES string of the molecule is CN1CCN(C2CCC(N(C)C(=O)O)CC2)CC1. The Kier molecular flexibility index (Phi) is 4.45. The van der Waals surface area contributed by atoms with Gasteiger partial charge in [0.1, 0.15) is 0 Å². The maximum Gasteiger partial charge on any atom is 0.407 e. The maximum absolute atomic E-state index is 10.9. The van der Waals surface area contributed by atoms with Crippen molar-refractivity contribution in [2.45, 2.75) is 37.8 Å². The third kappa shape index (κ3) is 3.14. The van der Waals surface area contributed by atoms with Gasteiger partial charge in [0.25, 0.3) is 0 Å². The average molecular weight is 255 g/mol. The smallest absolute Gasteiger partial charge is 0.407 e. The molecule has 1 aliphatic heterocycles. The average Bonchev–Trinajstić information content (AvgIpc) is 2.39. The van der Waals surface area contributed by atoms with Crippen molar-refractivity contribution in [3.8, 4) is 0 Å². The Labute approximate surface area is 109 Å². The van der Waals surface area contributed by atoms with Crippen LogP contribution in [0.25, 0.3) is 0 Å². The van der Waals surface area contributed by atoms with E-state index in [9.17, 15) is 4.79 Å². The summed E-state index contributed by atoms with van der Waals surface area (Å²) in [6, 6.07) is 0.906. The fourth-order valence-electron chi connectivity index (χ4n) is 3.15. The Morgan fingerprint density at radius 1 is 1.11 bits per heavy atom.